The van der Waals surface area contributed by atoms with Crippen LogP contribution in [0.4, 0.5) is 11.4 Å². The predicted molar refractivity (Wildman–Crippen MR) is 107 cm³/mol. The first kappa shape index (κ1) is 20.2. The van der Waals surface area contributed by atoms with Crippen molar-refractivity contribution in [2.24, 2.45) is 0 Å². The second-order valence-corrected chi connectivity index (χ2v) is 6.44. The number of hydrogen-bond donors (Lipinski definition) is 2. The van der Waals surface area contributed by atoms with Crippen molar-refractivity contribution in [1.29, 1.82) is 5.26 Å². The number of rotatable bonds is 6. The van der Waals surface area contributed by atoms with Crippen molar-refractivity contribution in [3.63, 3.8) is 0 Å². The van der Waals surface area contributed by atoms with Crippen molar-refractivity contribution in [2.75, 3.05) is 17.2 Å². The molecule has 0 saturated heterocycles. The van der Waals surface area contributed by atoms with Gasteiger partial charge in [0, 0.05) is 22.0 Å². The molecule has 2 aromatic rings. The first-order chi connectivity index (χ1) is 12.9. The molecule has 0 spiro atoms. The van der Waals surface area contributed by atoms with Crippen LogP contribution >= 0.6 is 15.9 Å². The van der Waals surface area contributed by atoms with E-state index in [-0.39, 0.29) is 5.57 Å². The van der Waals surface area contributed by atoms with Crippen molar-refractivity contribution in [3.05, 3.63) is 69.8 Å². The van der Waals surface area contributed by atoms with E-state index in [4.69, 9.17) is 4.74 Å². The number of nitriles is 1. The Morgan fingerprint density at radius 2 is 1.93 bits per heavy atom. The summed E-state index contributed by atoms with van der Waals surface area (Å²) in [6, 6.07) is 13.7. The summed E-state index contributed by atoms with van der Waals surface area (Å²) < 4.78 is 5.85. The van der Waals surface area contributed by atoms with Crippen LogP contribution in [-0.4, -0.2) is 18.5 Å². The van der Waals surface area contributed by atoms with E-state index in [1.54, 1.807) is 31.2 Å². The molecule has 0 radical (unpaired) electrons. The molecule has 2 N–H and O–H groups in total. The third kappa shape index (κ3) is 5.69. The van der Waals surface area contributed by atoms with Gasteiger partial charge in [0.1, 0.15) is 11.6 Å². The maximum atomic E-state index is 12.3. The molecular formula is C20H18BrN3O3. The Morgan fingerprint density at radius 1 is 1.22 bits per heavy atom. The van der Waals surface area contributed by atoms with Gasteiger partial charge in [0.2, 0.25) is 0 Å². The number of amides is 1. The van der Waals surface area contributed by atoms with Crippen LogP contribution in [0, 0.1) is 18.3 Å². The van der Waals surface area contributed by atoms with Crippen LogP contribution in [0.3, 0.4) is 0 Å². The Hall–Kier alpha value is -3.11. The van der Waals surface area contributed by atoms with Gasteiger partial charge in [0.05, 0.1) is 12.2 Å². The molecular weight excluding hydrogens is 410 g/mol. The topological polar surface area (TPSA) is 91.2 Å². The lowest BCUT2D eigenvalue weighted by Gasteiger charge is -2.08. The van der Waals surface area contributed by atoms with E-state index in [2.05, 4.69) is 26.6 Å². The number of nitrogens with zero attached hydrogens (tertiary/aromatic N) is 1. The molecule has 0 bridgehead atoms. The SMILES string of the molecule is CCOC(=O)c1ccc(NC(=O)/C(C#N)=C\Nc2ccc(Br)cc2C)cc1. The Kier molecular flexibility index (Phi) is 7.15. The van der Waals surface area contributed by atoms with E-state index >= 15 is 0 Å². The maximum absolute atomic E-state index is 12.3. The monoisotopic (exact) mass is 427 g/mol. The quantitative estimate of drug-likeness (QED) is 0.405. The molecule has 0 aliphatic heterocycles. The third-order valence-electron chi connectivity index (χ3n) is 3.58. The summed E-state index contributed by atoms with van der Waals surface area (Å²) in [6.45, 7) is 3.93. The highest BCUT2D eigenvalue weighted by molar-refractivity contribution is 9.10. The molecule has 7 heteroatoms. The Labute approximate surface area is 166 Å². The van der Waals surface area contributed by atoms with Crippen LogP contribution in [0.1, 0.15) is 22.8 Å². The minimum absolute atomic E-state index is 0.0770. The van der Waals surface area contributed by atoms with Crippen LogP contribution in [0.2, 0.25) is 0 Å². The highest BCUT2D eigenvalue weighted by Crippen LogP contribution is 2.20. The summed E-state index contributed by atoms with van der Waals surface area (Å²) in [5.74, 6) is -0.981. The molecule has 0 aromatic heterocycles. The van der Waals surface area contributed by atoms with E-state index in [0.29, 0.717) is 17.9 Å². The van der Waals surface area contributed by atoms with Crippen molar-refractivity contribution in [1.82, 2.24) is 0 Å². The van der Waals surface area contributed by atoms with Gasteiger partial charge in [0.15, 0.2) is 0 Å². The molecule has 0 fully saturated rings. The number of ether oxygens (including phenoxy) is 1. The average molecular weight is 428 g/mol. The second-order valence-electron chi connectivity index (χ2n) is 5.53. The molecule has 0 heterocycles. The van der Waals surface area contributed by atoms with Gasteiger partial charge in [-0.1, -0.05) is 15.9 Å². The number of benzene rings is 2. The number of halogens is 1. The zero-order valence-corrected chi connectivity index (χ0v) is 16.5. The van der Waals surface area contributed by atoms with Crippen LogP contribution in [-0.2, 0) is 9.53 Å². The fourth-order valence-corrected chi connectivity index (χ4v) is 2.67. The summed E-state index contributed by atoms with van der Waals surface area (Å²) in [6.07, 6.45) is 1.36. The Morgan fingerprint density at radius 3 is 2.52 bits per heavy atom. The maximum Gasteiger partial charge on any atom is 0.338 e. The highest BCUT2D eigenvalue weighted by Gasteiger charge is 2.11. The van der Waals surface area contributed by atoms with Crippen LogP contribution in [0.15, 0.2) is 58.7 Å². The summed E-state index contributed by atoms with van der Waals surface area (Å²) in [5, 5.41) is 14.8. The van der Waals surface area contributed by atoms with Gasteiger partial charge in [-0.15, -0.1) is 0 Å². The van der Waals surface area contributed by atoms with E-state index in [0.717, 1.165) is 15.7 Å². The summed E-state index contributed by atoms with van der Waals surface area (Å²) >= 11 is 3.38. The molecule has 138 valence electrons. The molecule has 0 unspecified atom stereocenters. The van der Waals surface area contributed by atoms with Crippen molar-refractivity contribution in [3.8, 4) is 6.07 Å². The lowest BCUT2D eigenvalue weighted by atomic mass is 10.2. The van der Waals surface area contributed by atoms with Gasteiger partial charge >= 0.3 is 5.97 Å². The number of hydrogen-bond acceptors (Lipinski definition) is 5. The predicted octanol–water partition coefficient (Wildman–Crippen LogP) is 4.39. The number of nitrogens with one attached hydrogen (secondary N) is 2. The van der Waals surface area contributed by atoms with Gasteiger partial charge in [-0.25, -0.2) is 4.79 Å². The molecule has 2 rings (SSSR count). The van der Waals surface area contributed by atoms with Crippen molar-refractivity contribution < 1.29 is 14.3 Å². The second kappa shape index (κ2) is 9.55. The van der Waals surface area contributed by atoms with Crippen LogP contribution in [0.5, 0.6) is 0 Å². The number of aryl methyl sites for hydroxylation is 1. The van der Waals surface area contributed by atoms with Gasteiger partial charge < -0.3 is 15.4 Å². The minimum Gasteiger partial charge on any atom is -0.462 e. The van der Waals surface area contributed by atoms with Crippen LogP contribution < -0.4 is 10.6 Å². The van der Waals surface area contributed by atoms with Gasteiger partial charge in [-0.05, 0) is 61.9 Å². The van der Waals surface area contributed by atoms with Crippen molar-refractivity contribution >= 4 is 39.2 Å². The first-order valence-corrected chi connectivity index (χ1v) is 8.95. The lowest BCUT2D eigenvalue weighted by molar-refractivity contribution is -0.112. The summed E-state index contributed by atoms with van der Waals surface area (Å²) in [4.78, 5) is 23.9. The largest absolute Gasteiger partial charge is 0.462 e. The van der Waals surface area contributed by atoms with E-state index < -0.39 is 11.9 Å². The standard InChI is InChI=1S/C20H18BrN3O3/c1-3-27-20(26)14-4-7-17(8-5-14)24-19(25)15(11-22)12-23-18-9-6-16(21)10-13(18)2/h4-10,12,23H,3H2,1-2H3,(H,24,25)/b15-12-. The molecule has 6 nitrogen and oxygen atoms in total. The normalized spacial score (nSPS) is 10.7. The van der Waals surface area contributed by atoms with Crippen LogP contribution in [0.25, 0.3) is 0 Å². The Balaban J connectivity index is 2.06. The zero-order valence-electron chi connectivity index (χ0n) is 14.9. The fraction of sp³-hybridized carbons (Fsp3) is 0.150. The van der Waals surface area contributed by atoms with E-state index in [9.17, 15) is 14.9 Å². The Bertz CT molecular complexity index is 915. The highest BCUT2D eigenvalue weighted by atomic mass is 79.9. The minimum atomic E-state index is -0.552. The number of anilines is 2. The summed E-state index contributed by atoms with van der Waals surface area (Å²) in [7, 11) is 0. The zero-order chi connectivity index (χ0) is 19.8. The van der Waals surface area contributed by atoms with Gasteiger partial charge in [-0.3, -0.25) is 4.79 Å². The average Bonchev–Trinajstić information content (AvgIpc) is 2.64. The molecule has 0 aliphatic carbocycles. The lowest BCUT2D eigenvalue weighted by Crippen LogP contribution is -2.15. The smallest absolute Gasteiger partial charge is 0.338 e. The molecule has 0 atom stereocenters. The molecule has 2 aromatic carbocycles. The molecule has 0 saturated carbocycles. The van der Waals surface area contributed by atoms with Crippen molar-refractivity contribution in [2.45, 2.75) is 13.8 Å². The number of carbonyl (C=O) groups excluding carboxylic acids is 2. The fourth-order valence-electron chi connectivity index (χ4n) is 2.19. The summed E-state index contributed by atoms with van der Waals surface area (Å²) in [5.41, 5.74) is 2.53. The molecule has 1 amide bonds. The number of carbonyl (C=O) groups is 2. The molecule has 0 aliphatic rings. The third-order valence-corrected chi connectivity index (χ3v) is 4.07. The van der Waals surface area contributed by atoms with Gasteiger partial charge in [-0.2, -0.15) is 5.26 Å². The first-order valence-electron chi connectivity index (χ1n) is 8.16. The van der Waals surface area contributed by atoms with E-state index in [1.807, 2.05) is 31.2 Å². The molecule has 27 heavy (non-hydrogen) atoms. The van der Waals surface area contributed by atoms with Gasteiger partial charge in [0.25, 0.3) is 5.91 Å². The number of esters is 1. The van der Waals surface area contributed by atoms with E-state index in [1.165, 1.54) is 6.20 Å².